The van der Waals surface area contributed by atoms with Gasteiger partial charge in [0.25, 0.3) is 5.56 Å². The van der Waals surface area contributed by atoms with Crippen LogP contribution in [0.2, 0.25) is 0 Å². The standard InChI is InChI=1S/C21H19NO3/c1-3-13-8-10-14(11-9-13)16-12-18(23)25-20-15-6-4-5-7-17(15)22(2)21(24)19(16)20/h4-11,16H,3,12H2,1-2H3/t16-/m1/s1. The molecule has 3 aromatic rings. The van der Waals surface area contributed by atoms with Crippen molar-refractivity contribution in [3.8, 4) is 5.75 Å². The van der Waals surface area contributed by atoms with Gasteiger partial charge >= 0.3 is 5.97 Å². The summed E-state index contributed by atoms with van der Waals surface area (Å²) in [4.78, 5) is 25.3. The summed E-state index contributed by atoms with van der Waals surface area (Å²) in [6.45, 7) is 2.10. The van der Waals surface area contributed by atoms with Crippen LogP contribution in [0.4, 0.5) is 0 Å². The predicted molar refractivity (Wildman–Crippen MR) is 97.1 cm³/mol. The van der Waals surface area contributed by atoms with Gasteiger partial charge in [0.15, 0.2) is 0 Å². The Hall–Kier alpha value is -2.88. The van der Waals surface area contributed by atoms with Gasteiger partial charge in [0, 0.05) is 18.4 Å². The number of carbonyl (C=O) groups is 1. The van der Waals surface area contributed by atoms with Crippen LogP contribution < -0.4 is 10.3 Å². The van der Waals surface area contributed by atoms with Crippen molar-refractivity contribution in [3.05, 3.63) is 75.6 Å². The van der Waals surface area contributed by atoms with E-state index in [0.717, 1.165) is 22.9 Å². The van der Waals surface area contributed by atoms with Crippen LogP contribution in [0.1, 0.15) is 36.0 Å². The van der Waals surface area contributed by atoms with Crippen LogP contribution in [0.15, 0.2) is 53.3 Å². The topological polar surface area (TPSA) is 48.3 Å². The summed E-state index contributed by atoms with van der Waals surface area (Å²) in [7, 11) is 1.76. The number of pyridine rings is 1. The monoisotopic (exact) mass is 333 g/mol. The quantitative estimate of drug-likeness (QED) is 0.674. The summed E-state index contributed by atoms with van der Waals surface area (Å²) in [5, 5.41) is 0.794. The molecule has 0 unspecified atom stereocenters. The Labute approximate surface area is 145 Å². The smallest absolute Gasteiger partial charge is 0.312 e. The first-order chi connectivity index (χ1) is 12.1. The van der Waals surface area contributed by atoms with Gasteiger partial charge in [-0.3, -0.25) is 9.59 Å². The normalized spacial score (nSPS) is 16.6. The largest absolute Gasteiger partial charge is 0.425 e. The van der Waals surface area contributed by atoms with E-state index in [1.807, 2.05) is 36.4 Å². The van der Waals surface area contributed by atoms with Gasteiger partial charge in [0.2, 0.25) is 0 Å². The maximum atomic E-state index is 13.0. The molecule has 4 nitrogen and oxygen atoms in total. The first-order valence-electron chi connectivity index (χ1n) is 8.51. The molecule has 2 aromatic carbocycles. The van der Waals surface area contributed by atoms with E-state index in [4.69, 9.17) is 4.74 Å². The molecule has 0 amide bonds. The molecule has 4 rings (SSSR count). The van der Waals surface area contributed by atoms with Crippen LogP contribution in [0.25, 0.3) is 10.9 Å². The van der Waals surface area contributed by atoms with Crippen LogP contribution in [0.5, 0.6) is 5.75 Å². The SMILES string of the molecule is CCc1ccc([C@H]2CC(=O)Oc3c2c(=O)n(C)c2ccccc32)cc1. The molecular weight excluding hydrogens is 314 g/mol. The molecule has 2 heterocycles. The molecule has 0 aliphatic carbocycles. The lowest BCUT2D eigenvalue weighted by molar-refractivity contribution is -0.135. The van der Waals surface area contributed by atoms with Crippen LogP contribution in [0, 0.1) is 0 Å². The molecule has 0 saturated carbocycles. The molecule has 25 heavy (non-hydrogen) atoms. The highest BCUT2D eigenvalue weighted by molar-refractivity contribution is 5.91. The maximum absolute atomic E-state index is 13.0. The van der Waals surface area contributed by atoms with Crippen molar-refractivity contribution >= 4 is 16.9 Å². The molecule has 0 N–H and O–H groups in total. The highest BCUT2D eigenvalue weighted by Gasteiger charge is 2.33. The van der Waals surface area contributed by atoms with E-state index >= 15 is 0 Å². The van der Waals surface area contributed by atoms with Gasteiger partial charge in [-0.1, -0.05) is 43.3 Å². The lowest BCUT2D eigenvalue weighted by Crippen LogP contribution is -2.31. The first-order valence-corrected chi connectivity index (χ1v) is 8.51. The summed E-state index contributed by atoms with van der Waals surface area (Å²) in [5.41, 5.74) is 3.44. The fraction of sp³-hybridized carbons (Fsp3) is 0.238. The maximum Gasteiger partial charge on any atom is 0.312 e. The van der Waals surface area contributed by atoms with Gasteiger partial charge in [-0.25, -0.2) is 0 Å². The fourth-order valence-electron chi connectivity index (χ4n) is 3.60. The van der Waals surface area contributed by atoms with E-state index in [1.165, 1.54) is 5.56 Å². The molecule has 1 aliphatic rings. The van der Waals surface area contributed by atoms with Gasteiger partial charge in [-0.15, -0.1) is 0 Å². The fourth-order valence-corrected chi connectivity index (χ4v) is 3.60. The van der Waals surface area contributed by atoms with E-state index in [0.29, 0.717) is 11.3 Å². The number of fused-ring (bicyclic) bond motifs is 3. The number of para-hydroxylation sites is 1. The van der Waals surface area contributed by atoms with E-state index in [9.17, 15) is 9.59 Å². The number of nitrogens with zero attached hydrogens (tertiary/aromatic N) is 1. The molecule has 4 heteroatoms. The Morgan fingerprint density at radius 3 is 2.52 bits per heavy atom. The molecule has 0 bridgehead atoms. The van der Waals surface area contributed by atoms with E-state index < -0.39 is 0 Å². The van der Waals surface area contributed by atoms with Crippen LogP contribution in [0.3, 0.4) is 0 Å². The van der Waals surface area contributed by atoms with Crippen molar-refractivity contribution in [2.45, 2.75) is 25.7 Å². The number of hydrogen-bond donors (Lipinski definition) is 0. The number of esters is 1. The van der Waals surface area contributed by atoms with E-state index in [1.54, 1.807) is 11.6 Å². The lowest BCUT2D eigenvalue weighted by atomic mass is 9.85. The van der Waals surface area contributed by atoms with Crippen LogP contribution in [-0.4, -0.2) is 10.5 Å². The summed E-state index contributed by atoms with van der Waals surface area (Å²) < 4.78 is 7.16. The first kappa shape index (κ1) is 15.6. The second-order valence-electron chi connectivity index (χ2n) is 6.45. The Bertz CT molecular complexity index is 1030. The Morgan fingerprint density at radius 2 is 1.80 bits per heavy atom. The highest BCUT2D eigenvalue weighted by atomic mass is 16.5. The third kappa shape index (κ3) is 2.45. The zero-order valence-corrected chi connectivity index (χ0v) is 14.3. The number of rotatable bonds is 2. The minimum Gasteiger partial charge on any atom is -0.425 e. The van der Waals surface area contributed by atoms with Crippen molar-refractivity contribution in [1.82, 2.24) is 4.57 Å². The molecule has 1 aliphatic heterocycles. The van der Waals surface area contributed by atoms with Crippen LogP contribution >= 0.6 is 0 Å². The minimum atomic E-state index is -0.296. The number of aromatic nitrogens is 1. The molecule has 1 aromatic heterocycles. The molecule has 0 spiro atoms. The van der Waals surface area contributed by atoms with Crippen molar-refractivity contribution < 1.29 is 9.53 Å². The van der Waals surface area contributed by atoms with Crippen LogP contribution in [-0.2, 0) is 18.3 Å². The average Bonchev–Trinajstić information content (AvgIpc) is 2.65. The predicted octanol–water partition coefficient (Wildman–Crippen LogP) is 3.54. The molecular formula is C21H19NO3. The molecule has 0 radical (unpaired) electrons. The van der Waals surface area contributed by atoms with Gasteiger partial charge in [0.05, 0.1) is 17.5 Å². The van der Waals surface area contributed by atoms with E-state index in [2.05, 4.69) is 19.1 Å². The zero-order valence-electron chi connectivity index (χ0n) is 14.3. The van der Waals surface area contributed by atoms with Gasteiger partial charge in [-0.05, 0) is 29.7 Å². The third-order valence-electron chi connectivity index (χ3n) is 5.02. The molecule has 0 fully saturated rings. The molecule has 0 saturated heterocycles. The summed E-state index contributed by atoms with van der Waals surface area (Å²) in [6, 6.07) is 15.7. The Balaban J connectivity index is 1.99. The highest BCUT2D eigenvalue weighted by Crippen LogP contribution is 2.40. The van der Waals surface area contributed by atoms with Gasteiger partial charge in [-0.2, -0.15) is 0 Å². The van der Waals surface area contributed by atoms with Crippen molar-refractivity contribution in [1.29, 1.82) is 0 Å². The van der Waals surface area contributed by atoms with Crippen molar-refractivity contribution in [2.24, 2.45) is 7.05 Å². The zero-order chi connectivity index (χ0) is 17.6. The van der Waals surface area contributed by atoms with Gasteiger partial charge in [0.1, 0.15) is 5.75 Å². The molecule has 126 valence electrons. The second-order valence-corrected chi connectivity index (χ2v) is 6.45. The minimum absolute atomic E-state index is 0.106. The third-order valence-corrected chi connectivity index (χ3v) is 5.02. The summed E-state index contributed by atoms with van der Waals surface area (Å²) >= 11 is 0. The average molecular weight is 333 g/mol. The van der Waals surface area contributed by atoms with E-state index in [-0.39, 0.29) is 23.9 Å². The molecule has 1 atom stereocenters. The van der Waals surface area contributed by atoms with Crippen molar-refractivity contribution in [3.63, 3.8) is 0 Å². The summed E-state index contributed by atoms with van der Waals surface area (Å²) in [5.74, 6) is -0.152. The Kier molecular flexibility index (Phi) is 3.68. The van der Waals surface area contributed by atoms with Crippen molar-refractivity contribution in [2.75, 3.05) is 0 Å². The lowest BCUT2D eigenvalue weighted by Gasteiger charge is -2.26. The van der Waals surface area contributed by atoms with Gasteiger partial charge < -0.3 is 9.30 Å². The second kappa shape index (κ2) is 5.88. The number of hydrogen-bond acceptors (Lipinski definition) is 3. The number of ether oxygens (including phenoxy) is 1. The number of carbonyl (C=O) groups excluding carboxylic acids is 1. The Morgan fingerprint density at radius 1 is 1.08 bits per heavy atom. The number of benzene rings is 2. The summed E-state index contributed by atoms with van der Waals surface area (Å²) in [6.07, 6.45) is 1.14. The number of aryl methyl sites for hydroxylation is 2.